The largest absolute Gasteiger partial charge is 0.469 e. The summed E-state index contributed by atoms with van der Waals surface area (Å²) >= 11 is 0. The number of ether oxygens (including phenoxy) is 1. The summed E-state index contributed by atoms with van der Waals surface area (Å²) in [5.74, 6) is 2.27. The van der Waals surface area contributed by atoms with Crippen LogP contribution >= 0.6 is 0 Å². The van der Waals surface area contributed by atoms with Crippen LogP contribution in [0.1, 0.15) is 32.4 Å². The highest BCUT2D eigenvalue weighted by molar-refractivity contribution is 5.34. The zero-order valence-corrected chi connectivity index (χ0v) is 10.8. The van der Waals surface area contributed by atoms with E-state index in [-0.39, 0.29) is 5.41 Å². The molecule has 2 aromatic heterocycles. The Kier molecular flexibility index (Phi) is 3.23. The van der Waals surface area contributed by atoms with Crippen molar-refractivity contribution in [1.29, 1.82) is 0 Å². The molecule has 0 aromatic carbocycles. The van der Waals surface area contributed by atoms with Crippen molar-refractivity contribution in [2.24, 2.45) is 0 Å². The minimum Gasteiger partial charge on any atom is -0.469 e. The third kappa shape index (κ3) is 3.00. The van der Waals surface area contributed by atoms with Crippen molar-refractivity contribution in [3.8, 4) is 5.88 Å². The van der Waals surface area contributed by atoms with Gasteiger partial charge >= 0.3 is 0 Å². The maximum absolute atomic E-state index is 5.75. The molecule has 0 aliphatic heterocycles. The van der Waals surface area contributed by atoms with Gasteiger partial charge in [-0.15, -0.1) is 0 Å². The molecule has 0 unspecified atom stereocenters. The van der Waals surface area contributed by atoms with Crippen molar-refractivity contribution in [1.82, 2.24) is 9.97 Å². The minimum atomic E-state index is -0.168. The normalized spacial score (nSPS) is 11.5. The topological polar surface area (TPSA) is 74.2 Å². The van der Waals surface area contributed by atoms with Crippen molar-refractivity contribution in [2.45, 2.75) is 32.8 Å². The van der Waals surface area contributed by atoms with Gasteiger partial charge in [-0.05, 0) is 12.1 Å². The van der Waals surface area contributed by atoms with Gasteiger partial charge in [0.05, 0.1) is 6.26 Å². The van der Waals surface area contributed by atoms with Crippen LogP contribution < -0.4 is 10.5 Å². The highest BCUT2D eigenvalue weighted by Gasteiger charge is 2.19. The van der Waals surface area contributed by atoms with E-state index in [1.54, 1.807) is 12.3 Å². The number of rotatable bonds is 3. The van der Waals surface area contributed by atoms with Gasteiger partial charge in [-0.3, -0.25) is 0 Å². The molecule has 18 heavy (non-hydrogen) atoms. The first-order chi connectivity index (χ1) is 8.45. The summed E-state index contributed by atoms with van der Waals surface area (Å²) in [4.78, 5) is 8.56. The first-order valence-corrected chi connectivity index (χ1v) is 5.75. The van der Waals surface area contributed by atoms with E-state index >= 15 is 0 Å². The molecule has 0 bridgehead atoms. The number of nitrogen functional groups attached to an aromatic ring is 1. The average molecular weight is 247 g/mol. The van der Waals surface area contributed by atoms with Gasteiger partial charge in [0.15, 0.2) is 0 Å². The van der Waals surface area contributed by atoms with Crippen LogP contribution in [-0.2, 0) is 12.0 Å². The van der Waals surface area contributed by atoms with Gasteiger partial charge in [-0.25, -0.2) is 4.98 Å². The van der Waals surface area contributed by atoms with Crippen LogP contribution in [0.5, 0.6) is 5.88 Å². The summed E-state index contributed by atoms with van der Waals surface area (Å²) in [5.41, 5.74) is 5.58. The van der Waals surface area contributed by atoms with Gasteiger partial charge in [-0.1, -0.05) is 20.8 Å². The molecule has 96 valence electrons. The average Bonchev–Trinajstić information content (AvgIpc) is 2.77. The summed E-state index contributed by atoms with van der Waals surface area (Å²) in [7, 11) is 0. The second-order valence-corrected chi connectivity index (χ2v) is 5.07. The maximum Gasteiger partial charge on any atom is 0.219 e. The summed E-state index contributed by atoms with van der Waals surface area (Å²) in [5, 5.41) is 0. The summed E-state index contributed by atoms with van der Waals surface area (Å²) < 4.78 is 10.7. The van der Waals surface area contributed by atoms with Crippen LogP contribution in [0, 0.1) is 0 Å². The molecule has 5 heteroatoms. The molecular formula is C13H17N3O2. The van der Waals surface area contributed by atoms with E-state index in [4.69, 9.17) is 14.9 Å². The minimum absolute atomic E-state index is 0.168. The molecular weight excluding hydrogens is 230 g/mol. The second kappa shape index (κ2) is 4.68. The van der Waals surface area contributed by atoms with Crippen LogP contribution in [0.15, 0.2) is 28.9 Å². The van der Waals surface area contributed by atoms with E-state index < -0.39 is 0 Å². The molecule has 0 aliphatic carbocycles. The lowest BCUT2D eigenvalue weighted by atomic mass is 9.96. The van der Waals surface area contributed by atoms with Crippen molar-refractivity contribution < 1.29 is 9.15 Å². The smallest absolute Gasteiger partial charge is 0.219 e. The molecule has 0 amide bonds. The molecule has 0 spiro atoms. The lowest BCUT2D eigenvalue weighted by molar-refractivity contribution is 0.258. The Morgan fingerprint density at radius 3 is 2.72 bits per heavy atom. The molecule has 0 radical (unpaired) electrons. The highest BCUT2D eigenvalue weighted by Crippen LogP contribution is 2.22. The highest BCUT2D eigenvalue weighted by atomic mass is 16.5. The van der Waals surface area contributed by atoms with E-state index in [9.17, 15) is 0 Å². The molecule has 0 aliphatic rings. The predicted molar refractivity (Wildman–Crippen MR) is 68.2 cm³/mol. The lowest BCUT2D eigenvalue weighted by Gasteiger charge is -2.17. The molecule has 2 N–H and O–H groups in total. The standard InChI is InChI=1S/C13H17N3O2/c1-13(2,3)12-15-10(14)7-11(16-12)18-8-9-5-4-6-17-9/h4-7H,8H2,1-3H3,(H2,14,15,16). The molecule has 2 heterocycles. The lowest BCUT2D eigenvalue weighted by Crippen LogP contribution is -2.17. The SMILES string of the molecule is CC(C)(C)c1nc(N)cc(OCc2ccco2)n1. The Hall–Kier alpha value is -2.04. The van der Waals surface area contributed by atoms with Crippen molar-refractivity contribution in [2.75, 3.05) is 5.73 Å². The van der Waals surface area contributed by atoms with Gasteiger partial charge in [0, 0.05) is 11.5 Å². The van der Waals surface area contributed by atoms with Crippen LogP contribution in [0.25, 0.3) is 0 Å². The Morgan fingerprint density at radius 2 is 2.11 bits per heavy atom. The van der Waals surface area contributed by atoms with Crippen LogP contribution in [0.3, 0.4) is 0 Å². The van der Waals surface area contributed by atoms with E-state index in [0.29, 0.717) is 24.1 Å². The number of nitrogens with zero attached hydrogens (tertiary/aromatic N) is 2. The Bertz CT molecular complexity index is 516. The van der Waals surface area contributed by atoms with Crippen LogP contribution in [-0.4, -0.2) is 9.97 Å². The van der Waals surface area contributed by atoms with E-state index in [2.05, 4.69) is 9.97 Å². The summed E-state index contributed by atoms with van der Waals surface area (Å²) in [6.07, 6.45) is 1.60. The van der Waals surface area contributed by atoms with E-state index in [1.807, 2.05) is 32.9 Å². The fourth-order valence-corrected chi connectivity index (χ4v) is 1.39. The van der Waals surface area contributed by atoms with Gasteiger partial charge in [0.25, 0.3) is 0 Å². The summed E-state index contributed by atoms with van der Waals surface area (Å²) in [6, 6.07) is 5.26. The number of aromatic nitrogens is 2. The number of anilines is 1. The van der Waals surface area contributed by atoms with Crippen molar-refractivity contribution >= 4 is 5.82 Å². The molecule has 0 atom stereocenters. The van der Waals surface area contributed by atoms with Gasteiger partial charge in [0.1, 0.15) is 24.0 Å². The fourth-order valence-electron chi connectivity index (χ4n) is 1.39. The van der Waals surface area contributed by atoms with E-state index in [1.165, 1.54) is 0 Å². The fraction of sp³-hybridized carbons (Fsp3) is 0.385. The van der Waals surface area contributed by atoms with E-state index in [0.717, 1.165) is 5.76 Å². The molecule has 0 saturated carbocycles. The third-order valence-corrected chi connectivity index (χ3v) is 2.34. The van der Waals surface area contributed by atoms with Crippen LogP contribution in [0.2, 0.25) is 0 Å². The van der Waals surface area contributed by atoms with Crippen molar-refractivity contribution in [3.63, 3.8) is 0 Å². The third-order valence-electron chi connectivity index (χ3n) is 2.34. The molecule has 0 saturated heterocycles. The maximum atomic E-state index is 5.75. The molecule has 2 rings (SSSR count). The quantitative estimate of drug-likeness (QED) is 0.902. The Balaban J connectivity index is 2.15. The zero-order chi connectivity index (χ0) is 13.2. The van der Waals surface area contributed by atoms with Gasteiger partial charge < -0.3 is 14.9 Å². The number of furan rings is 1. The van der Waals surface area contributed by atoms with Crippen LogP contribution in [0.4, 0.5) is 5.82 Å². The number of hydrogen-bond donors (Lipinski definition) is 1. The first kappa shape index (κ1) is 12.4. The zero-order valence-electron chi connectivity index (χ0n) is 10.8. The van der Waals surface area contributed by atoms with Gasteiger partial charge in [0.2, 0.25) is 5.88 Å². The number of hydrogen-bond acceptors (Lipinski definition) is 5. The molecule has 0 fully saturated rings. The van der Waals surface area contributed by atoms with Crippen molar-refractivity contribution in [3.05, 3.63) is 36.0 Å². The monoisotopic (exact) mass is 247 g/mol. The number of nitrogens with two attached hydrogens (primary N) is 1. The Labute approximate surface area is 106 Å². The predicted octanol–water partition coefficient (Wildman–Crippen LogP) is 2.53. The Morgan fingerprint density at radius 1 is 1.33 bits per heavy atom. The molecule has 5 nitrogen and oxygen atoms in total. The van der Waals surface area contributed by atoms with Gasteiger partial charge in [-0.2, -0.15) is 4.98 Å². The first-order valence-electron chi connectivity index (χ1n) is 5.75. The molecule has 2 aromatic rings. The summed E-state index contributed by atoms with van der Waals surface area (Å²) in [6.45, 7) is 6.40. The second-order valence-electron chi connectivity index (χ2n) is 5.07.